The van der Waals surface area contributed by atoms with Crippen LogP contribution in [0.5, 0.6) is 0 Å². The van der Waals surface area contributed by atoms with Crippen LogP contribution in [-0.4, -0.2) is 15.9 Å². The number of Topliss-reactive ketones (excluding diaryl/α,β-unsaturated/α-hetero) is 1. The number of hydrogen-bond donors (Lipinski definition) is 0. The number of rotatable bonds is 6. The molecule has 0 fully saturated rings. The van der Waals surface area contributed by atoms with Crippen LogP contribution in [0.25, 0.3) is 11.5 Å². The van der Waals surface area contributed by atoms with Crippen LogP contribution in [0.1, 0.15) is 28.9 Å². The van der Waals surface area contributed by atoms with Gasteiger partial charge in [0.1, 0.15) is 5.69 Å². The zero-order valence-electron chi connectivity index (χ0n) is 11.4. The SMILES string of the molecule is O=C(CCCc1ccncc1)c1cc(-c2ccco2)on1. The van der Waals surface area contributed by atoms with Gasteiger partial charge in [0.2, 0.25) is 5.76 Å². The van der Waals surface area contributed by atoms with E-state index >= 15 is 0 Å². The Morgan fingerprint density at radius 3 is 2.76 bits per heavy atom. The van der Waals surface area contributed by atoms with Crippen molar-refractivity contribution in [1.82, 2.24) is 10.1 Å². The van der Waals surface area contributed by atoms with E-state index in [1.807, 2.05) is 12.1 Å². The van der Waals surface area contributed by atoms with Gasteiger partial charge in [0.15, 0.2) is 11.5 Å². The Bertz CT molecular complexity index is 702. The number of ketones is 1. The highest BCUT2D eigenvalue weighted by Gasteiger charge is 2.14. The zero-order chi connectivity index (χ0) is 14.5. The van der Waals surface area contributed by atoms with Crippen LogP contribution in [0.15, 0.2) is 57.9 Å². The largest absolute Gasteiger partial charge is 0.461 e. The number of aryl methyl sites for hydroxylation is 1. The molecule has 0 radical (unpaired) electrons. The normalized spacial score (nSPS) is 10.7. The standard InChI is InChI=1S/C16H14N2O3/c19-14(4-1-3-12-6-8-17-9-7-12)13-11-16(21-18-13)15-5-2-10-20-15/h2,5-11H,1,3-4H2. The van der Waals surface area contributed by atoms with Crippen LogP contribution in [0.2, 0.25) is 0 Å². The Balaban J connectivity index is 1.56. The fourth-order valence-electron chi connectivity index (χ4n) is 2.07. The summed E-state index contributed by atoms with van der Waals surface area (Å²) in [7, 11) is 0. The summed E-state index contributed by atoms with van der Waals surface area (Å²) in [5.74, 6) is 1.02. The molecular formula is C16H14N2O3. The third-order valence-corrected chi connectivity index (χ3v) is 3.18. The molecule has 0 aliphatic heterocycles. The molecule has 21 heavy (non-hydrogen) atoms. The summed E-state index contributed by atoms with van der Waals surface area (Å²) in [6.45, 7) is 0. The van der Waals surface area contributed by atoms with Gasteiger partial charge in [-0.05, 0) is 42.7 Å². The Morgan fingerprint density at radius 1 is 1.14 bits per heavy atom. The summed E-state index contributed by atoms with van der Waals surface area (Å²) in [4.78, 5) is 16.0. The highest BCUT2D eigenvalue weighted by molar-refractivity contribution is 5.94. The maximum absolute atomic E-state index is 12.1. The number of hydrogen-bond acceptors (Lipinski definition) is 5. The van der Waals surface area contributed by atoms with Crippen LogP contribution in [0.4, 0.5) is 0 Å². The third-order valence-electron chi connectivity index (χ3n) is 3.18. The first kappa shape index (κ1) is 13.3. The van der Waals surface area contributed by atoms with Crippen molar-refractivity contribution in [2.24, 2.45) is 0 Å². The van der Waals surface area contributed by atoms with E-state index in [2.05, 4.69) is 10.1 Å². The highest BCUT2D eigenvalue weighted by Crippen LogP contribution is 2.21. The number of aromatic nitrogens is 2. The van der Waals surface area contributed by atoms with Gasteiger partial charge in [-0.25, -0.2) is 0 Å². The molecule has 3 aromatic heterocycles. The van der Waals surface area contributed by atoms with Gasteiger partial charge < -0.3 is 8.94 Å². The van der Waals surface area contributed by atoms with Crippen molar-refractivity contribution in [2.45, 2.75) is 19.3 Å². The molecule has 106 valence electrons. The van der Waals surface area contributed by atoms with Gasteiger partial charge in [-0.1, -0.05) is 5.16 Å². The maximum Gasteiger partial charge on any atom is 0.202 e. The average Bonchev–Trinajstić information content (AvgIpc) is 3.19. The van der Waals surface area contributed by atoms with Crippen molar-refractivity contribution in [3.05, 3.63) is 60.2 Å². The molecule has 0 amide bonds. The molecule has 3 heterocycles. The van der Waals surface area contributed by atoms with Crippen molar-refractivity contribution < 1.29 is 13.7 Å². The minimum atomic E-state index is -0.0226. The lowest BCUT2D eigenvalue weighted by atomic mass is 10.1. The summed E-state index contributed by atoms with van der Waals surface area (Å²) < 4.78 is 10.3. The van der Waals surface area contributed by atoms with Crippen LogP contribution >= 0.6 is 0 Å². The molecule has 3 aromatic rings. The molecule has 0 saturated carbocycles. The van der Waals surface area contributed by atoms with Crippen LogP contribution in [0.3, 0.4) is 0 Å². The second-order valence-electron chi connectivity index (χ2n) is 4.69. The summed E-state index contributed by atoms with van der Waals surface area (Å²) in [5, 5.41) is 3.80. The van der Waals surface area contributed by atoms with Gasteiger partial charge in [0.05, 0.1) is 6.26 Å². The summed E-state index contributed by atoms with van der Waals surface area (Å²) in [6.07, 6.45) is 7.11. The molecule has 0 aliphatic rings. The molecular weight excluding hydrogens is 268 g/mol. The monoisotopic (exact) mass is 282 g/mol. The van der Waals surface area contributed by atoms with Crippen LogP contribution in [-0.2, 0) is 6.42 Å². The molecule has 0 atom stereocenters. The van der Waals surface area contributed by atoms with Gasteiger partial charge >= 0.3 is 0 Å². The second kappa shape index (κ2) is 6.17. The molecule has 0 N–H and O–H groups in total. The lowest BCUT2D eigenvalue weighted by Crippen LogP contribution is -2.00. The minimum absolute atomic E-state index is 0.0226. The maximum atomic E-state index is 12.1. The molecule has 5 nitrogen and oxygen atoms in total. The van der Waals surface area contributed by atoms with E-state index in [9.17, 15) is 4.79 Å². The van der Waals surface area contributed by atoms with Crippen LogP contribution < -0.4 is 0 Å². The molecule has 0 aromatic carbocycles. The molecule has 0 aliphatic carbocycles. The minimum Gasteiger partial charge on any atom is -0.461 e. The number of carbonyl (C=O) groups is 1. The molecule has 3 rings (SSSR count). The zero-order valence-corrected chi connectivity index (χ0v) is 11.4. The average molecular weight is 282 g/mol. The van der Waals surface area contributed by atoms with E-state index in [1.54, 1.807) is 36.9 Å². The lowest BCUT2D eigenvalue weighted by molar-refractivity contribution is 0.0971. The first-order valence-electron chi connectivity index (χ1n) is 6.75. The molecule has 0 saturated heterocycles. The van der Waals surface area contributed by atoms with E-state index in [1.165, 1.54) is 5.56 Å². The Labute approximate surface area is 121 Å². The lowest BCUT2D eigenvalue weighted by Gasteiger charge is -1.99. The number of carbonyl (C=O) groups excluding carboxylic acids is 1. The van der Waals surface area contributed by atoms with E-state index in [0.29, 0.717) is 23.6 Å². The van der Waals surface area contributed by atoms with Gasteiger partial charge in [-0.15, -0.1) is 0 Å². The predicted octanol–water partition coefficient (Wildman–Crippen LogP) is 3.54. The van der Waals surface area contributed by atoms with Crippen molar-refractivity contribution in [1.29, 1.82) is 0 Å². The van der Waals surface area contributed by atoms with Gasteiger partial charge in [0, 0.05) is 24.9 Å². The third kappa shape index (κ3) is 3.25. The van der Waals surface area contributed by atoms with E-state index in [4.69, 9.17) is 8.94 Å². The Hall–Kier alpha value is -2.69. The number of furan rings is 1. The number of pyridine rings is 1. The quantitative estimate of drug-likeness (QED) is 0.647. The topological polar surface area (TPSA) is 69.1 Å². The fourth-order valence-corrected chi connectivity index (χ4v) is 2.07. The Morgan fingerprint density at radius 2 is 2.00 bits per heavy atom. The van der Waals surface area contributed by atoms with Crippen molar-refractivity contribution >= 4 is 5.78 Å². The summed E-state index contributed by atoms with van der Waals surface area (Å²) >= 11 is 0. The van der Waals surface area contributed by atoms with Crippen molar-refractivity contribution in [2.75, 3.05) is 0 Å². The predicted molar refractivity (Wildman–Crippen MR) is 75.7 cm³/mol. The van der Waals surface area contributed by atoms with E-state index in [-0.39, 0.29) is 5.78 Å². The van der Waals surface area contributed by atoms with E-state index in [0.717, 1.165) is 12.8 Å². The Kier molecular flexibility index (Phi) is 3.91. The first-order valence-corrected chi connectivity index (χ1v) is 6.75. The van der Waals surface area contributed by atoms with Gasteiger partial charge in [-0.2, -0.15) is 0 Å². The molecule has 5 heteroatoms. The smallest absolute Gasteiger partial charge is 0.202 e. The van der Waals surface area contributed by atoms with Crippen molar-refractivity contribution in [3.8, 4) is 11.5 Å². The second-order valence-corrected chi connectivity index (χ2v) is 4.69. The highest BCUT2D eigenvalue weighted by atomic mass is 16.5. The van der Waals surface area contributed by atoms with Crippen LogP contribution in [0, 0.1) is 0 Å². The summed E-state index contributed by atoms with van der Waals surface area (Å²) in [6, 6.07) is 9.05. The molecule has 0 unspecified atom stereocenters. The first-order chi connectivity index (χ1) is 10.3. The van der Waals surface area contributed by atoms with E-state index < -0.39 is 0 Å². The number of nitrogens with zero attached hydrogens (tertiary/aromatic N) is 2. The van der Waals surface area contributed by atoms with Gasteiger partial charge in [-0.3, -0.25) is 9.78 Å². The van der Waals surface area contributed by atoms with Gasteiger partial charge in [0.25, 0.3) is 0 Å². The molecule has 0 spiro atoms. The fraction of sp³-hybridized carbons (Fsp3) is 0.188. The summed E-state index contributed by atoms with van der Waals surface area (Å²) in [5.41, 5.74) is 1.52. The van der Waals surface area contributed by atoms with Crippen molar-refractivity contribution in [3.63, 3.8) is 0 Å². The molecule has 0 bridgehead atoms.